The molecule has 1 atom stereocenters. The first-order valence-corrected chi connectivity index (χ1v) is 9.71. The molecule has 0 fully saturated rings. The molecule has 0 unspecified atom stereocenters. The Balaban J connectivity index is 2.10. The largest absolute Gasteiger partial charge is 0.484 e. The van der Waals surface area contributed by atoms with E-state index >= 15 is 0 Å². The van der Waals surface area contributed by atoms with Crippen molar-refractivity contribution in [3.63, 3.8) is 0 Å². The Bertz CT molecular complexity index is 777. The maximum absolute atomic E-state index is 12.8. The molecule has 2 rings (SSSR count). The highest BCUT2D eigenvalue weighted by atomic mass is 79.9. The fourth-order valence-electron chi connectivity index (χ4n) is 2.67. The van der Waals surface area contributed by atoms with E-state index < -0.39 is 6.04 Å². The van der Waals surface area contributed by atoms with Crippen LogP contribution >= 0.6 is 15.9 Å². The fourth-order valence-corrected chi connectivity index (χ4v) is 3.12. The van der Waals surface area contributed by atoms with E-state index in [1.165, 1.54) is 10.5 Å². The maximum Gasteiger partial charge on any atom is 0.261 e. The van der Waals surface area contributed by atoms with Crippen molar-refractivity contribution < 1.29 is 14.3 Å². The number of nitrogens with one attached hydrogen (secondary N) is 1. The molecule has 0 aliphatic heterocycles. The van der Waals surface area contributed by atoms with Crippen LogP contribution in [0.4, 0.5) is 0 Å². The van der Waals surface area contributed by atoms with Crippen LogP contribution in [0, 0.1) is 0 Å². The van der Waals surface area contributed by atoms with Crippen LogP contribution in [0.1, 0.15) is 25.0 Å². The van der Waals surface area contributed by atoms with Gasteiger partial charge in [0, 0.05) is 18.1 Å². The van der Waals surface area contributed by atoms with Crippen molar-refractivity contribution in [3.8, 4) is 5.75 Å². The number of benzene rings is 2. The third-order valence-electron chi connectivity index (χ3n) is 4.35. The Kier molecular flexibility index (Phi) is 7.85. The van der Waals surface area contributed by atoms with Gasteiger partial charge in [-0.3, -0.25) is 9.59 Å². The molecule has 0 aromatic heterocycles. The summed E-state index contributed by atoms with van der Waals surface area (Å²) >= 11 is 3.43. The second-order valence-corrected chi connectivity index (χ2v) is 7.14. The highest BCUT2D eigenvalue weighted by Gasteiger charge is 2.25. The standard InChI is InChI=1S/C21H25BrN2O3/c1-4-16-8-10-19(11-9-16)27-14-20(25)24(15(2)21(26)23-3)13-17-6-5-7-18(22)12-17/h5-12,15H,4,13-14H2,1-3H3,(H,23,26)/t15-/m0/s1. The Morgan fingerprint density at radius 2 is 1.85 bits per heavy atom. The minimum Gasteiger partial charge on any atom is -0.484 e. The minimum absolute atomic E-state index is 0.124. The molecule has 0 aliphatic carbocycles. The van der Waals surface area contributed by atoms with Gasteiger partial charge >= 0.3 is 0 Å². The van der Waals surface area contributed by atoms with Crippen LogP contribution < -0.4 is 10.1 Å². The number of halogens is 1. The van der Waals surface area contributed by atoms with Crippen LogP contribution in [0.5, 0.6) is 5.75 Å². The summed E-state index contributed by atoms with van der Waals surface area (Å²) in [5.41, 5.74) is 2.14. The van der Waals surface area contributed by atoms with E-state index in [1.54, 1.807) is 14.0 Å². The first-order chi connectivity index (χ1) is 12.9. The van der Waals surface area contributed by atoms with Crippen molar-refractivity contribution in [2.24, 2.45) is 0 Å². The Morgan fingerprint density at radius 1 is 1.15 bits per heavy atom. The molecule has 0 heterocycles. The summed E-state index contributed by atoms with van der Waals surface area (Å²) in [6.07, 6.45) is 0.948. The van der Waals surface area contributed by atoms with Gasteiger partial charge in [-0.25, -0.2) is 0 Å². The van der Waals surface area contributed by atoms with Crippen molar-refractivity contribution >= 4 is 27.7 Å². The molecule has 2 amide bonds. The number of amides is 2. The average molecular weight is 433 g/mol. The van der Waals surface area contributed by atoms with Gasteiger partial charge in [0.1, 0.15) is 11.8 Å². The van der Waals surface area contributed by atoms with Crippen molar-refractivity contribution in [1.82, 2.24) is 10.2 Å². The molecule has 0 radical (unpaired) electrons. The van der Waals surface area contributed by atoms with E-state index in [0.29, 0.717) is 12.3 Å². The van der Waals surface area contributed by atoms with E-state index in [1.807, 2.05) is 48.5 Å². The number of carbonyl (C=O) groups excluding carboxylic acids is 2. The monoisotopic (exact) mass is 432 g/mol. The molecule has 1 N–H and O–H groups in total. The minimum atomic E-state index is -0.604. The first kappa shape index (κ1) is 21.0. The van der Waals surface area contributed by atoms with Gasteiger partial charge in [0.2, 0.25) is 5.91 Å². The van der Waals surface area contributed by atoms with Crippen LogP contribution in [0.15, 0.2) is 53.0 Å². The lowest BCUT2D eigenvalue weighted by molar-refractivity contribution is -0.142. The lowest BCUT2D eigenvalue weighted by Gasteiger charge is -2.28. The smallest absolute Gasteiger partial charge is 0.261 e. The fraction of sp³-hybridized carbons (Fsp3) is 0.333. The zero-order chi connectivity index (χ0) is 19.8. The molecular formula is C21H25BrN2O3. The van der Waals surface area contributed by atoms with Crippen LogP contribution in [-0.4, -0.2) is 36.4 Å². The number of hydrogen-bond acceptors (Lipinski definition) is 3. The van der Waals surface area contributed by atoms with Gasteiger partial charge in [-0.2, -0.15) is 0 Å². The van der Waals surface area contributed by atoms with Crippen LogP contribution in [-0.2, 0) is 22.6 Å². The van der Waals surface area contributed by atoms with Crippen LogP contribution in [0.3, 0.4) is 0 Å². The number of nitrogens with zero attached hydrogens (tertiary/aromatic N) is 1. The van der Waals surface area contributed by atoms with Gasteiger partial charge in [-0.1, -0.05) is 47.1 Å². The first-order valence-electron chi connectivity index (χ1n) is 8.91. The number of hydrogen-bond donors (Lipinski definition) is 1. The number of rotatable bonds is 8. The summed E-state index contributed by atoms with van der Waals surface area (Å²) in [5, 5.41) is 2.60. The Labute approximate surface area is 168 Å². The van der Waals surface area contributed by atoms with Gasteiger partial charge < -0.3 is 15.0 Å². The third kappa shape index (κ3) is 6.10. The molecule has 144 valence electrons. The van der Waals surface area contributed by atoms with Crippen LogP contribution in [0.2, 0.25) is 0 Å². The van der Waals surface area contributed by atoms with Gasteiger partial charge in [0.15, 0.2) is 6.61 Å². The van der Waals surface area contributed by atoms with Gasteiger partial charge in [-0.15, -0.1) is 0 Å². The summed E-state index contributed by atoms with van der Waals surface area (Å²) in [7, 11) is 1.56. The Morgan fingerprint density at radius 3 is 2.44 bits per heavy atom. The normalized spacial score (nSPS) is 11.6. The topological polar surface area (TPSA) is 58.6 Å². The summed E-state index contributed by atoms with van der Waals surface area (Å²) in [6.45, 7) is 4.00. The second kappa shape index (κ2) is 10.1. The quantitative estimate of drug-likeness (QED) is 0.693. The maximum atomic E-state index is 12.8. The second-order valence-electron chi connectivity index (χ2n) is 6.23. The van der Waals surface area contributed by atoms with Crippen molar-refractivity contribution in [3.05, 3.63) is 64.1 Å². The van der Waals surface area contributed by atoms with E-state index in [4.69, 9.17) is 4.74 Å². The molecule has 0 saturated heterocycles. The predicted molar refractivity (Wildman–Crippen MR) is 110 cm³/mol. The zero-order valence-electron chi connectivity index (χ0n) is 15.9. The van der Waals surface area contributed by atoms with Crippen molar-refractivity contribution in [2.75, 3.05) is 13.7 Å². The highest BCUT2D eigenvalue weighted by Crippen LogP contribution is 2.16. The van der Waals surface area contributed by atoms with E-state index in [2.05, 4.69) is 28.2 Å². The van der Waals surface area contributed by atoms with E-state index in [9.17, 15) is 9.59 Å². The van der Waals surface area contributed by atoms with Crippen LogP contribution in [0.25, 0.3) is 0 Å². The van der Waals surface area contributed by atoms with Crippen molar-refractivity contribution in [1.29, 1.82) is 0 Å². The van der Waals surface area contributed by atoms with Crippen molar-refractivity contribution in [2.45, 2.75) is 32.9 Å². The summed E-state index contributed by atoms with van der Waals surface area (Å²) in [4.78, 5) is 26.4. The third-order valence-corrected chi connectivity index (χ3v) is 4.84. The van der Waals surface area contributed by atoms with E-state index in [-0.39, 0.29) is 18.4 Å². The molecule has 5 nitrogen and oxygen atoms in total. The molecule has 0 spiro atoms. The van der Waals surface area contributed by atoms with Gasteiger partial charge in [-0.05, 0) is 48.7 Å². The highest BCUT2D eigenvalue weighted by molar-refractivity contribution is 9.10. The predicted octanol–water partition coefficient (Wildman–Crippen LogP) is 3.55. The molecule has 2 aromatic rings. The average Bonchev–Trinajstić information content (AvgIpc) is 2.69. The van der Waals surface area contributed by atoms with Gasteiger partial charge in [0.25, 0.3) is 5.91 Å². The number of aryl methyl sites for hydroxylation is 1. The van der Waals surface area contributed by atoms with Gasteiger partial charge in [0.05, 0.1) is 0 Å². The molecule has 2 aromatic carbocycles. The molecule has 27 heavy (non-hydrogen) atoms. The lowest BCUT2D eigenvalue weighted by atomic mass is 10.1. The molecule has 0 bridgehead atoms. The molecule has 0 aliphatic rings. The summed E-state index contributed by atoms with van der Waals surface area (Å²) < 4.78 is 6.56. The van der Waals surface area contributed by atoms with E-state index in [0.717, 1.165) is 16.5 Å². The molecular weight excluding hydrogens is 408 g/mol. The number of likely N-dealkylation sites (N-methyl/N-ethyl adjacent to an activating group) is 1. The lowest BCUT2D eigenvalue weighted by Crippen LogP contribution is -2.48. The molecule has 6 heteroatoms. The Hall–Kier alpha value is -2.34. The SMILES string of the molecule is CCc1ccc(OCC(=O)N(Cc2cccc(Br)c2)[C@@H](C)C(=O)NC)cc1. The number of ether oxygens (including phenoxy) is 1. The summed E-state index contributed by atoms with van der Waals surface area (Å²) in [5.74, 6) is 0.173. The molecule has 0 saturated carbocycles. The number of carbonyl (C=O) groups is 2. The zero-order valence-corrected chi connectivity index (χ0v) is 17.5. The summed E-state index contributed by atoms with van der Waals surface area (Å²) in [6, 6.07) is 14.7.